The second kappa shape index (κ2) is 8.95. The van der Waals surface area contributed by atoms with Crippen LogP contribution in [0.15, 0.2) is 47.4 Å². The Morgan fingerprint density at radius 2 is 1.50 bits per heavy atom. The number of ether oxygens (including phenoxy) is 2. The van der Waals surface area contributed by atoms with Gasteiger partial charge in [0.1, 0.15) is 13.2 Å². The fourth-order valence-electron chi connectivity index (χ4n) is 2.70. The molecule has 3 rings (SSSR count). The van der Waals surface area contributed by atoms with Crippen LogP contribution in [-0.4, -0.2) is 45.5 Å². The van der Waals surface area contributed by atoms with Gasteiger partial charge in [0.15, 0.2) is 27.1 Å². The minimum Gasteiger partial charge on any atom is -0.486 e. The standard InChI is InChI=1S/C20H20N2O7S/c1-30(26,27)15-5-2-13(3-6-15)20(25)22-21-19(24)9-7-16(23)14-4-8-17-18(12-14)29-11-10-28-17/h2-6,8,12H,7,9-11H2,1H3,(H,21,24)(H,22,25). The molecule has 0 aliphatic carbocycles. The van der Waals surface area contributed by atoms with Crippen LogP contribution >= 0.6 is 0 Å². The van der Waals surface area contributed by atoms with Gasteiger partial charge >= 0.3 is 0 Å². The highest BCUT2D eigenvalue weighted by atomic mass is 32.2. The molecule has 0 spiro atoms. The number of carbonyl (C=O) groups is 3. The van der Waals surface area contributed by atoms with Crippen molar-refractivity contribution in [1.29, 1.82) is 0 Å². The minimum absolute atomic E-state index is 0.0512. The molecule has 0 atom stereocenters. The zero-order valence-electron chi connectivity index (χ0n) is 16.1. The average Bonchev–Trinajstić information content (AvgIpc) is 2.74. The van der Waals surface area contributed by atoms with Gasteiger partial charge in [-0.25, -0.2) is 8.42 Å². The van der Waals surface area contributed by atoms with Gasteiger partial charge in [-0.1, -0.05) is 0 Å². The molecular formula is C20H20N2O7S. The monoisotopic (exact) mass is 432 g/mol. The molecule has 2 aromatic carbocycles. The Labute approximate surface area is 173 Å². The van der Waals surface area contributed by atoms with E-state index in [1.807, 2.05) is 0 Å². The summed E-state index contributed by atoms with van der Waals surface area (Å²) in [6.45, 7) is 0.859. The lowest BCUT2D eigenvalue weighted by molar-refractivity contribution is -0.121. The number of Topliss-reactive ketones (excluding diaryl/α,β-unsaturated/α-hetero) is 1. The fraction of sp³-hybridized carbons (Fsp3) is 0.250. The topological polar surface area (TPSA) is 128 Å². The van der Waals surface area contributed by atoms with Crippen molar-refractivity contribution in [2.75, 3.05) is 19.5 Å². The summed E-state index contributed by atoms with van der Waals surface area (Å²) in [6.07, 6.45) is 0.888. The first-order valence-electron chi connectivity index (χ1n) is 9.06. The van der Waals surface area contributed by atoms with Crippen LogP contribution in [0.1, 0.15) is 33.6 Å². The number of benzene rings is 2. The molecule has 0 radical (unpaired) electrons. The van der Waals surface area contributed by atoms with E-state index in [1.165, 1.54) is 24.3 Å². The summed E-state index contributed by atoms with van der Waals surface area (Å²) in [7, 11) is -3.36. The van der Waals surface area contributed by atoms with Crippen molar-refractivity contribution in [3.05, 3.63) is 53.6 Å². The lowest BCUT2D eigenvalue weighted by atomic mass is 10.1. The molecule has 10 heteroatoms. The molecular weight excluding hydrogens is 412 g/mol. The number of rotatable bonds is 6. The summed E-state index contributed by atoms with van der Waals surface area (Å²) in [5.41, 5.74) is 5.04. The maximum absolute atomic E-state index is 12.3. The van der Waals surface area contributed by atoms with E-state index in [4.69, 9.17) is 9.47 Å². The van der Waals surface area contributed by atoms with E-state index in [2.05, 4.69) is 10.9 Å². The molecule has 1 heterocycles. The van der Waals surface area contributed by atoms with Crippen molar-refractivity contribution in [1.82, 2.24) is 10.9 Å². The molecule has 0 bridgehead atoms. The number of sulfone groups is 1. The van der Waals surface area contributed by atoms with Crippen LogP contribution in [0.4, 0.5) is 0 Å². The van der Waals surface area contributed by atoms with Gasteiger partial charge in [0.25, 0.3) is 5.91 Å². The molecule has 1 aliphatic rings. The highest BCUT2D eigenvalue weighted by molar-refractivity contribution is 7.90. The average molecular weight is 432 g/mol. The highest BCUT2D eigenvalue weighted by Crippen LogP contribution is 2.31. The molecule has 1 aliphatic heterocycles. The van der Waals surface area contributed by atoms with E-state index in [0.717, 1.165) is 6.26 Å². The normalized spacial score (nSPS) is 12.7. The molecule has 158 valence electrons. The maximum atomic E-state index is 12.3. The summed E-state index contributed by atoms with van der Waals surface area (Å²) >= 11 is 0. The van der Waals surface area contributed by atoms with Gasteiger partial charge in [0.2, 0.25) is 5.91 Å². The quantitative estimate of drug-likeness (QED) is 0.520. The Morgan fingerprint density at radius 3 is 2.17 bits per heavy atom. The zero-order valence-corrected chi connectivity index (χ0v) is 17.0. The molecule has 2 amide bonds. The summed E-state index contributed by atoms with van der Waals surface area (Å²) in [5, 5.41) is 0. The van der Waals surface area contributed by atoms with Crippen LogP contribution in [0, 0.1) is 0 Å². The van der Waals surface area contributed by atoms with E-state index >= 15 is 0 Å². The first-order chi connectivity index (χ1) is 14.2. The van der Waals surface area contributed by atoms with Crippen molar-refractivity contribution in [3.8, 4) is 11.5 Å². The molecule has 9 nitrogen and oxygen atoms in total. The maximum Gasteiger partial charge on any atom is 0.269 e. The number of fused-ring (bicyclic) bond motifs is 1. The predicted octanol–water partition coefficient (Wildman–Crippen LogP) is 1.29. The SMILES string of the molecule is CS(=O)(=O)c1ccc(C(=O)NNC(=O)CCC(=O)c2ccc3c(c2)OCCO3)cc1. The third-order valence-electron chi connectivity index (χ3n) is 4.30. The second-order valence-electron chi connectivity index (χ2n) is 6.58. The molecule has 0 fully saturated rings. The third-order valence-corrected chi connectivity index (χ3v) is 5.43. The first-order valence-corrected chi connectivity index (χ1v) is 11.0. The number of ketones is 1. The fourth-order valence-corrected chi connectivity index (χ4v) is 3.33. The number of hydrogen-bond donors (Lipinski definition) is 2. The van der Waals surface area contributed by atoms with Gasteiger partial charge in [0, 0.05) is 30.2 Å². The van der Waals surface area contributed by atoms with E-state index in [0.29, 0.717) is 30.3 Å². The summed E-state index contributed by atoms with van der Waals surface area (Å²) in [5.74, 6) is -0.332. The molecule has 2 aromatic rings. The van der Waals surface area contributed by atoms with Crippen LogP contribution in [0.2, 0.25) is 0 Å². The summed E-state index contributed by atoms with van der Waals surface area (Å²) < 4.78 is 33.7. The van der Waals surface area contributed by atoms with E-state index in [1.54, 1.807) is 18.2 Å². The van der Waals surface area contributed by atoms with Crippen LogP contribution in [0.25, 0.3) is 0 Å². The van der Waals surface area contributed by atoms with Crippen molar-refractivity contribution in [2.45, 2.75) is 17.7 Å². The van der Waals surface area contributed by atoms with E-state index in [9.17, 15) is 22.8 Å². The molecule has 30 heavy (non-hydrogen) atoms. The largest absolute Gasteiger partial charge is 0.486 e. The third kappa shape index (κ3) is 5.35. The highest BCUT2D eigenvalue weighted by Gasteiger charge is 2.16. The first kappa shape index (κ1) is 21.3. The summed E-state index contributed by atoms with van der Waals surface area (Å²) in [6, 6.07) is 10.1. The van der Waals surface area contributed by atoms with Gasteiger partial charge < -0.3 is 9.47 Å². The van der Waals surface area contributed by atoms with Gasteiger partial charge in [-0.2, -0.15) is 0 Å². The van der Waals surface area contributed by atoms with Gasteiger partial charge in [-0.05, 0) is 42.5 Å². The Morgan fingerprint density at radius 1 is 0.867 bits per heavy atom. The molecule has 2 N–H and O–H groups in total. The Kier molecular flexibility index (Phi) is 6.36. The number of hydrogen-bond acceptors (Lipinski definition) is 7. The van der Waals surface area contributed by atoms with Crippen molar-refractivity contribution in [2.24, 2.45) is 0 Å². The van der Waals surface area contributed by atoms with Crippen molar-refractivity contribution in [3.63, 3.8) is 0 Å². The van der Waals surface area contributed by atoms with Crippen LogP contribution in [-0.2, 0) is 14.6 Å². The van der Waals surface area contributed by atoms with Crippen LogP contribution < -0.4 is 20.3 Å². The van der Waals surface area contributed by atoms with Crippen molar-refractivity contribution < 1.29 is 32.3 Å². The number of hydrazine groups is 1. The Bertz CT molecular complexity index is 1080. The van der Waals surface area contributed by atoms with Crippen LogP contribution in [0.5, 0.6) is 11.5 Å². The van der Waals surface area contributed by atoms with Gasteiger partial charge in [-0.3, -0.25) is 25.2 Å². The smallest absolute Gasteiger partial charge is 0.269 e. The Balaban J connectivity index is 1.47. The molecule has 0 aromatic heterocycles. The predicted molar refractivity (Wildman–Crippen MR) is 106 cm³/mol. The Hall–Kier alpha value is -3.40. The zero-order chi connectivity index (χ0) is 21.7. The van der Waals surface area contributed by atoms with E-state index < -0.39 is 21.7 Å². The molecule has 0 saturated carbocycles. The number of nitrogens with one attached hydrogen (secondary N) is 2. The number of carbonyl (C=O) groups excluding carboxylic acids is 3. The molecule has 0 unspecified atom stereocenters. The van der Waals surface area contributed by atoms with Gasteiger partial charge in [-0.15, -0.1) is 0 Å². The van der Waals surface area contributed by atoms with Gasteiger partial charge in [0.05, 0.1) is 4.90 Å². The lowest BCUT2D eigenvalue weighted by Crippen LogP contribution is -2.41. The van der Waals surface area contributed by atoms with E-state index in [-0.39, 0.29) is 29.1 Å². The molecule has 0 saturated heterocycles. The van der Waals surface area contributed by atoms with Crippen LogP contribution in [0.3, 0.4) is 0 Å². The van der Waals surface area contributed by atoms with Crippen molar-refractivity contribution >= 4 is 27.4 Å². The number of amides is 2. The summed E-state index contributed by atoms with van der Waals surface area (Å²) in [4.78, 5) is 36.3. The second-order valence-corrected chi connectivity index (χ2v) is 8.60. The minimum atomic E-state index is -3.36. The lowest BCUT2D eigenvalue weighted by Gasteiger charge is -2.18.